The summed E-state index contributed by atoms with van der Waals surface area (Å²) in [5.41, 5.74) is 7.91. The lowest BCUT2D eigenvalue weighted by atomic mass is 9.72. The molecule has 2 N–H and O–H groups in total. The molecule has 4 atom stereocenters. The maximum absolute atomic E-state index is 14.9. The Hall–Kier alpha value is -2.08. The summed E-state index contributed by atoms with van der Waals surface area (Å²) in [6.45, 7) is 2.17. The van der Waals surface area contributed by atoms with Crippen molar-refractivity contribution in [3.05, 3.63) is 65.5 Å². The molecule has 1 aliphatic carbocycles. The van der Waals surface area contributed by atoms with Crippen molar-refractivity contribution in [3.63, 3.8) is 0 Å². The number of halogens is 2. The van der Waals surface area contributed by atoms with E-state index in [1.165, 1.54) is 11.6 Å². The SMILES string of the molecule is O=C1NNC(Cc2ccc(F)c(P3(=O)CCN(Cc4ccccc4)CC3)c2)C2CCC(F)CC12. The van der Waals surface area contributed by atoms with E-state index in [2.05, 4.69) is 27.9 Å². The molecule has 2 aromatic carbocycles. The monoisotopic (exact) mass is 487 g/mol. The predicted octanol–water partition coefficient (Wildman–Crippen LogP) is 3.63. The molecule has 0 spiro atoms. The molecule has 8 heteroatoms. The Morgan fingerprint density at radius 3 is 2.56 bits per heavy atom. The van der Waals surface area contributed by atoms with Gasteiger partial charge in [-0.2, -0.15) is 0 Å². The molecule has 2 aromatic rings. The van der Waals surface area contributed by atoms with Crippen LogP contribution in [0.15, 0.2) is 48.5 Å². The molecule has 34 heavy (non-hydrogen) atoms. The fraction of sp³-hybridized carbons (Fsp3) is 0.500. The zero-order chi connectivity index (χ0) is 23.7. The van der Waals surface area contributed by atoms with E-state index >= 15 is 0 Å². The second-order valence-corrected chi connectivity index (χ2v) is 13.2. The number of fused-ring (bicyclic) bond motifs is 1. The number of nitrogens with one attached hydrogen (secondary N) is 2. The van der Waals surface area contributed by atoms with E-state index in [1.807, 2.05) is 18.2 Å². The molecular weight excluding hydrogens is 455 g/mol. The number of rotatable bonds is 5. The van der Waals surface area contributed by atoms with Crippen LogP contribution in [0.3, 0.4) is 0 Å². The summed E-state index contributed by atoms with van der Waals surface area (Å²) in [7, 11) is -2.83. The molecule has 3 fully saturated rings. The molecular formula is C26H32F2N3O2P. The highest BCUT2D eigenvalue weighted by Gasteiger charge is 2.43. The fourth-order valence-corrected chi connectivity index (χ4v) is 8.60. The third-order valence-corrected chi connectivity index (χ3v) is 10.8. The van der Waals surface area contributed by atoms with Gasteiger partial charge in [0.25, 0.3) is 0 Å². The number of hydrazine groups is 1. The maximum Gasteiger partial charge on any atom is 0.237 e. The maximum atomic E-state index is 14.9. The van der Waals surface area contributed by atoms with Gasteiger partial charge in [0, 0.05) is 49.2 Å². The largest absolute Gasteiger partial charge is 0.318 e. The van der Waals surface area contributed by atoms with Crippen LogP contribution in [0.5, 0.6) is 0 Å². The number of nitrogens with zero attached hydrogens (tertiary/aromatic N) is 1. The molecule has 2 heterocycles. The first-order valence-corrected chi connectivity index (χ1v) is 14.3. The van der Waals surface area contributed by atoms with Gasteiger partial charge in [0.2, 0.25) is 5.91 Å². The van der Waals surface area contributed by atoms with Crippen LogP contribution in [-0.2, 0) is 22.3 Å². The van der Waals surface area contributed by atoms with E-state index in [0.29, 0.717) is 50.0 Å². The number of carbonyl (C=O) groups excluding carboxylic acids is 1. The topological polar surface area (TPSA) is 61.4 Å². The minimum atomic E-state index is -2.83. The highest BCUT2D eigenvalue weighted by Crippen LogP contribution is 2.47. The van der Waals surface area contributed by atoms with Crippen molar-refractivity contribution in [2.75, 3.05) is 25.4 Å². The first-order chi connectivity index (χ1) is 16.4. The Bertz CT molecular complexity index is 1070. The molecule has 1 saturated carbocycles. The Labute approximate surface area is 199 Å². The van der Waals surface area contributed by atoms with Gasteiger partial charge in [0.1, 0.15) is 19.1 Å². The van der Waals surface area contributed by atoms with Gasteiger partial charge in [-0.15, -0.1) is 0 Å². The summed E-state index contributed by atoms with van der Waals surface area (Å²) in [6.07, 6.45) is 1.97. The molecule has 0 bridgehead atoms. The zero-order valence-electron chi connectivity index (χ0n) is 19.3. The van der Waals surface area contributed by atoms with Crippen molar-refractivity contribution in [2.45, 2.75) is 44.4 Å². The second-order valence-electron chi connectivity index (χ2n) is 10.0. The minimum absolute atomic E-state index is 0.0477. The lowest BCUT2D eigenvalue weighted by Gasteiger charge is -2.42. The van der Waals surface area contributed by atoms with Crippen LogP contribution >= 0.6 is 7.14 Å². The van der Waals surface area contributed by atoms with Gasteiger partial charge in [-0.3, -0.25) is 15.1 Å². The minimum Gasteiger partial charge on any atom is -0.318 e. The van der Waals surface area contributed by atoms with Gasteiger partial charge in [0.15, 0.2) is 0 Å². The highest BCUT2D eigenvalue weighted by atomic mass is 31.2. The first kappa shape index (κ1) is 23.7. The summed E-state index contributed by atoms with van der Waals surface area (Å²) < 4.78 is 42.6. The number of alkyl halides is 1. The Balaban J connectivity index is 1.27. The van der Waals surface area contributed by atoms with Crippen molar-refractivity contribution >= 4 is 18.4 Å². The van der Waals surface area contributed by atoms with Crippen LogP contribution in [0.1, 0.15) is 30.4 Å². The average molecular weight is 488 g/mol. The molecule has 5 nitrogen and oxygen atoms in total. The van der Waals surface area contributed by atoms with Crippen LogP contribution in [0.4, 0.5) is 8.78 Å². The number of carbonyl (C=O) groups is 1. The Kier molecular flexibility index (Phi) is 6.88. The average Bonchev–Trinajstić information content (AvgIpc) is 2.84. The first-order valence-electron chi connectivity index (χ1n) is 12.2. The van der Waals surface area contributed by atoms with Gasteiger partial charge in [-0.25, -0.2) is 14.2 Å². The summed E-state index contributed by atoms with van der Waals surface area (Å²) in [6, 6.07) is 15.1. The van der Waals surface area contributed by atoms with E-state index in [0.717, 1.165) is 12.1 Å². The smallest absolute Gasteiger partial charge is 0.237 e. The lowest BCUT2D eigenvalue weighted by Crippen LogP contribution is -2.60. The third kappa shape index (κ3) is 4.98. The molecule has 2 saturated heterocycles. The predicted molar refractivity (Wildman–Crippen MR) is 130 cm³/mol. The Morgan fingerprint density at radius 2 is 1.79 bits per heavy atom. The molecule has 4 unspecified atom stereocenters. The van der Waals surface area contributed by atoms with Gasteiger partial charge in [-0.05, 0) is 54.9 Å². The molecule has 3 aliphatic rings. The van der Waals surface area contributed by atoms with Crippen LogP contribution in [-0.4, -0.2) is 48.4 Å². The quantitative estimate of drug-likeness (QED) is 0.633. The van der Waals surface area contributed by atoms with Crippen LogP contribution in [0.2, 0.25) is 0 Å². The molecule has 0 radical (unpaired) electrons. The summed E-state index contributed by atoms with van der Waals surface area (Å²) in [5.74, 6) is -0.826. The lowest BCUT2D eigenvalue weighted by molar-refractivity contribution is -0.134. The van der Waals surface area contributed by atoms with Crippen molar-refractivity contribution in [1.29, 1.82) is 0 Å². The van der Waals surface area contributed by atoms with Crippen LogP contribution in [0, 0.1) is 17.7 Å². The van der Waals surface area contributed by atoms with E-state index in [1.54, 1.807) is 12.1 Å². The number of hydrogen-bond acceptors (Lipinski definition) is 4. The number of amides is 1. The Morgan fingerprint density at radius 1 is 1.03 bits per heavy atom. The summed E-state index contributed by atoms with van der Waals surface area (Å²) >= 11 is 0. The van der Waals surface area contributed by atoms with E-state index in [9.17, 15) is 18.1 Å². The van der Waals surface area contributed by atoms with Gasteiger partial charge in [-0.1, -0.05) is 36.4 Å². The van der Waals surface area contributed by atoms with Crippen molar-refractivity contribution in [1.82, 2.24) is 15.8 Å². The standard InChI is InChI=1S/C26H32F2N3O2P/c27-20-7-8-21-22(16-20)26(32)30-29-24(21)14-19-6-9-23(28)25(15-19)34(33)12-10-31(11-13-34)17-18-4-2-1-3-5-18/h1-6,9,15,20-22,24,29H,7-8,10-14,16-17H2,(H,30,32). The summed E-state index contributed by atoms with van der Waals surface area (Å²) in [5, 5.41) is 0.355. The number of hydrogen-bond donors (Lipinski definition) is 2. The van der Waals surface area contributed by atoms with Crippen molar-refractivity contribution in [2.24, 2.45) is 11.8 Å². The highest BCUT2D eigenvalue weighted by molar-refractivity contribution is 7.71. The molecule has 2 aliphatic heterocycles. The van der Waals surface area contributed by atoms with Crippen LogP contribution < -0.4 is 16.2 Å². The van der Waals surface area contributed by atoms with E-state index in [4.69, 9.17) is 0 Å². The van der Waals surface area contributed by atoms with Gasteiger partial charge < -0.3 is 4.57 Å². The summed E-state index contributed by atoms with van der Waals surface area (Å²) in [4.78, 5) is 14.5. The molecule has 5 rings (SSSR count). The molecule has 0 aromatic heterocycles. The van der Waals surface area contributed by atoms with Crippen LogP contribution in [0.25, 0.3) is 0 Å². The van der Waals surface area contributed by atoms with E-state index in [-0.39, 0.29) is 30.2 Å². The van der Waals surface area contributed by atoms with Crippen molar-refractivity contribution in [3.8, 4) is 0 Å². The molecule has 182 valence electrons. The van der Waals surface area contributed by atoms with Gasteiger partial charge in [0.05, 0.1) is 0 Å². The van der Waals surface area contributed by atoms with Crippen molar-refractivity contribution < 1.29 is 18.1 Å². The van der Waals surface area contributed by atoms with Gasteiger partial charge >= 0.3 is 0 Å². The number of benzene rings is 2. The zero-order valence-corrected chi connectivity index (χ0v) is 20.2. The third-order valence-electron chi connectivity index (χ3n) is 7.78. The fourth-order valence-electron chi connectivity index (χ4n) is 5.81. The molecule has 1 amide bonds. The van der Waals surface area contributed by atoms with E-state index < -0.39 is 19.1 Å². The second kappa shape index (κ2) is 9.88. The normalized spacial score (nSPS) is 29.3.